The average Bonchev–Trinajstić information content (AvgIpc) is 3.69. The van der Waals surface area contributed by atoms with Crippen molar-refractivity contribution in [2.75, 3.05) is 5.32 Å². The van der Waals surface area contributed by atoms with Crippen molar-refractivity contribution in [1.82, 2.24) is 14.5 Å². The maximum atomic E-state index is 15.5. The van der Waals surface area contributed by atoms with Crippen LogP contribution < -0.4 is 10.9 Å². The van der Waals surface area contributed by atoms with Gasteiger partial charge < -0.3 is 10.4 Å². The number of amides is 1. The summed E-state index contributed by atoms with van der Waals surface area (Å²) in [6.07, 6.45) is 5.76. The molecule has 10 heteroatoms. The summed E-state index contributed by atoms with van der Waals surface area (Å²) in [6.45, 7) is 6.25. The van der Waals surface area contributed by atoms with E-state index >= 15 is 4.39 Å². The molecule has 1 aliphatic carbocycles. The van der Waals surface area contributed by atoms with Gasteiger partial charge >= 0.3 is 0 Å². The van der Waals surface area contributed by atoms with Crippen molar-refractivity contribution in [3.63, 3.8) is 0 Å². The molecular weight excluding hydrogens is 554 g/mol. The summed E-state index contributed by atoms with van der Waals surface area (Å²) in [5, 5.41) is 13.0. The summed E-state index contributed by atoms with van der Waals surface area (Å²) in [6, 6.07) is 9.92. The molecule has 0 saturated heterocycles. The van der Waals surface area contributed by atoms with Crippen molar-refractivity contribution >= 4 is 34.8 Å². The molecule has 1 aliphatic rings. The van der Waals surface area contributed by atoms with Gasteiger partial charge in [-0.1, -0.05) is 29.3 Å². The van der Waals surface area contributed by atoms with E-state index in [1.54, 1.807) is 37.6 Å². The third-order valence-corrected chi connectivity index (χ3v) is 7.69. The molecule has 4 aromatic rings. The minimum Gasteiger partial charge on any atom is -0.381 e. The summed E-state index contributed by atoms with van der Waals surface area (Å²) in [4.78, 5) is 34.4. The van der Waals surface area contributed by atoms with E-state index in [4.69, 9.17) is 23.2 Å². The van der Waals surface area contributed by atoms with Crippen LogP contribution in [0.2, 0.25) is 10.0 Å². The predicted octanol–water partition coefficient (Wildman–Crippen LogP) is 6.34. The van der Waals surface area contributed by atoms with Crippen LogP contribution in [-0.2, 0) is 4.79 Å². The van der Waals surface area contributed by atoms with Crippen LogP contribution in [0.4, 0.5) is 10.1 Å². The Balaban J connectivity index is 1.52. The number of rotatable bonds is 6. The van der Waals surface area contributed by atoms with Crippen LogP contribution in [0.1, 0.15) is 54.5 Å². The maximum Gasteiger partial charge on any atom is 0.274 e. The molecule has 2 N–H and O–H groups in total. The van der Waals surface area contributed by atoms with E-state index in [1.807, 2.05) is 19.1 Å². The lowest BCUT2D eigenvalue weighted by molar-refractivity contribution is -0.130. The highest BCUT2D eigenvalue weighted by molar-refractivity contribution is 6.31. The second-order valence-electron chi connectivity index (χ2n) is 10.6. The van der Waals surface area contributed by atoms with E-state index in [9.17, 15) is 14.7 Å². The second-order valence-corrected chi connectivity index (χ2v) is 11.4. The van der Waals surface area contributed by atoms with Crippen LogP contribution in [0.25, 0.3) is 16.9 Å². The number of carbonyl (C=O) groups is 1. The number of benzene rings is 1. The Bertz CT molecular complexity index is 1710. The van der Waals surface area contributed by atoms with Crippen molar-refractivity contribution in [2.24, 2.45) is 0 Å². The normalized spacial score (nSPS) is 16.6. The highest BCUT2D eigenvalue weighted by atomic mass is 35.5. The number of aromatic nitrogens is 3. The SMILES string of the molecule is Cc1cnc(-c2cccc(NC(=O)C(C)(C)O)c2F)cc1-n1c(C)cc([C@@H]2CC2c2cncc(Cl)c2)c(Cl)c1=O. The van der Waals surface area contributed by atoms with E-state index in [2.05, 4.69) is 15.3 Å². The summed E-state index contributed by atoms with van der Waals surface area (Å²) in [5.41, 5.74) is 1.89. The zero-order chi connectivity index (χ0) is 28.9. The van der Waals surface area contributed by atoms with Crippen LogP contribution >= 0.6 is 23.2 Å². The fourth-order valence-electron chi connectivity index (χ4n) is 4.85. The van der Waals surface area contributed by atoms with Gasteiger partial charge in [0.1, 0.15) is 10.6 Å². The van der Waals surface area contributed by atoms with Crippen LogP contribution in [-0.4, -0.2) is 31.1 Å². The minimum absolute atomic E-state index is 0.0823. The van der Waals surface area contributed by atoms with Crippen molar-refractivity contribution in [1.29, 1.82) is 0 Å². The van der Waals surface area contributed by atoms with Crippen molar-refractivity contribution in [2.45, 2.75) is 51.6 Å². The van der Waals surface area contributed by atoms with Gasteiger partial charge in [-0.3, -0.25) is 24.1 Å². The molecule has 3 heterocycles. The number of carbonyl (C=O) groups excluding carboxylic acids is 1. The number of nitrogens with zero attached hydrogens (tertiary/aromatic N) is 3. The number of hydrogen-bond donors (Lipinski definition) is 2. The van der Waals surface area contributed by atoms with Gasteiger partial charge in [0, 0.05) is 29.8 Å². The van der Waals surface area contributed by atoms with Gasteiger partial charge in [0.2, 0.25) is 0 Å². The number of anilines is 1. The Labute approximate surface area is 240 Å². The second kappa shape index (κ2) is 10.4. The molecule has 0 spiro atoms. The molecule has 3 aromatic heterocycles. The van der Waals surface area contributed by atoms with Crippen LogP contribution in [0.15, 0.2) is 59.8 Å². The topological polar surface area (TPSA) is 97.1 Å². The first-order valence-electron chi connectivity index (χ1n) is 12.7. The van der Waals surface area contributed by atoms with Crippen LogP contribution in [0.3, 0.4) is 0 Å². The molecule has 1 aromatic carbocycles. The first kappa shape index (κ1) is 28.0. The third-order valence-electron chi connectivity index (χ3n) is 7.10. The monoisotopic (exact) mass is 580 g/mol. The first-order valence-corrected chi connectivity index (χ1v) is 13.4. The first-order chi connectivity index (χ1) is 18.9. The molecular formula is C30H27Cl2FN4O3. The molecule has 0 aliphatic heterocycles. The van der Waals surface area contributed by atoms with Gasteiger partial charge in [-0.05, 0) is 93.0 Å². The average molecular weight is 581 g/mol. The molecule has 206 valence electrons. The lowest BCUT2D eigenvalue weighted by Crippen LogP contribution is -2.36. The molecule has 2 atom stereocenters. The van der Waals surface area contributed by atoms with Gasteiger partial charge in [-0.15, -0.1) is 0 Å². The molecule has 0 radical (unpaired) electrons. The Morgan fingerprint density at radius 2 is 1.88 bits per heavy atom. The lowest BCUT2D eigenvalue weighted by Gasteiger charge is -2.18. The van der Waals surface area contributed by atoms with E-state index in [0.29, 0.717) is 22.0 Å². The summed E-state index contributed by atoms with van der Waals surface area (Å²) in [7, 11) is 0. The van der Waals surface area contributed by atoms with Gasteiger partial charge in [-0.2, -0.15) is 0 Å². The smallest absolute Gasteiger partial charge is 0.274 e. The van der Waals surface area contributed by atoms with Crippen molar-refractivity contribution in [3.8, 4) is 16.9 Å². The summed E-state index contributed by atoms with van der Waals surface area (Å²) >= 11 is 12.8. The summed E-state index contributed by atoms with van der Waals surface area (Å²) < 4.78 is 17.0. The van der Waals surface area contributed by atoms with E-state index < -0.39 is 17.3 Å². The maximum absolute atomic E-state index is 15.5. The largest absolute Gasteiger partial charge is 0.381 e. The number of pyridine rings is 3. The number of halogens is 3. The van der Waals surface area contributed by atoms with E-state index in [0.717, 1.165) is 17.5 Å². The molecule has 5 rings (SSSR count). The van der Waals surface area contributed by atoms with Crippen molar-refractivity contribution in [3.05, 3.63) is 104 Å². The van der Waals surface area contributed by atoms with Crippen LogP contribution in [0, 0.1) is 19.7 Å². The Morgan fingerprint density at radius 1 is 1.12 bits per heavy atom. The highest BCUT2D eigenvalue weighted by Crippen LogP contribution is 2.56. The number of nitrogens with one attached hydrogen (secondary N) is 1. The number of hydrogen-bond acceptors (Lipinski definition) is 5. The Hall–Kier alpha value is -3.59. The minimum atomic E-state index is -1.69. The van der Waals surface area contributed by atoms with Gasteiger partial charge in [0.25, 0.3) is 11.5 Å². The van der Waals surface area contributed by atoms with Gasteiger partial charge in [0.15, 0.2) is 5.82 Å². The molecule has 7 nitrogen and oxygen atoms in total. The van der Waals surface area contributed by atoms with E-state index in [-0.39, 0.29) is 39.4 Å². The fraction of sp³-hybridized carbons (Fsp3) is 0.267. The van der Waals surface area contributed by atoms with E-state index in [1.165, 1.54) is 30.5 Å². The van der Waals surface area contributed by atoms with Crippen LogP contribution in [0.5, 0.6) is 0 Å². The molecule has 40 heavy (non-hydrogen) atoms. The summed E-state index contributed by atoms with van der Waals surface area (Å²) in [5.74, 6) is -1.20. The standard InChI is InChI=1S/C30H27Cl2FN4O3/c1-15-12-35-24(19-6-5-7-23(27(19)33)36-29(39)30(3,4)40)11-25(15)37-16(2)8-22(26(32)28(37)38)21-10-20(21)17-9-18(31)14-34-13-17/h5-9,11-14,20-21,40H,10H2,1-4H3,(H,36,39)/t20?,21-/m1/s1. The number of aryl methyl sites for hydroxylation is 2. The molecule has 1 amide bonds. The Kier molecular flexibility index (Phi) is 7.29. The third kappa shape index (κ3) is 5.27. The number of aliphatic hydroxyl groups is 1. The highest BCUT2D eigenvalue weighted by Gasteiger charge is 2.42. The molecule has 1 saturated carbocycles. The predicted molar refractivity (Wildman–Crippen MR) is 154 cm³/mol. The fourth-order valence-corrected chi connectivity index (χ4v) is 5.31. The quantitative estimate of drug-likeness (QED) is 0.277. The zero-order valence-corrected chi connectivity index (χ0v) is 23.8. The Morgan fingerprint density at radius 3 is 2.58 bits per heavy atom. The van der Waals surface area contributed by atoms with Crippen molar-refractivity contribution < 1.29 is 14.3 Å². The van der Waals surface area contributed by atoms with Gasteiger partial charge in [-0.25, -0.2) is 4.39 Å². The zero-order valence-electron chi connectivity index (χ0n) is 22.3. The molecule has 1 unspecified atom stereocenters. The lowest BCUT2D eigenvalue weighted by atomic mass is 10.0. The molecule has 1 fully saturated rings. The van der Waals surface area contributed by atoms with Gasteiger partial charge in [0.05, 0.1) is 22.1 Å². The molecule has 0 bridgehead atoms.